The first-order chi connectivity index (χ1) is 15.2. The molecule has 3 N–H and O–H groups in total. The number of benzene rings is 1. The van der Waals surface area contributed by atoms with Crippen molar-refractivity contribution in [3.63, 3.8) is 0 Å². The summed E-state index contributed by atoms with van der Waals surface area (Å²) < 4.78 is 14.1. The summed E-state index contributed by atoms with van der Waals surface area (Å²) >= 11 is 1.06. The lowest BCUT2D eigenvalue weighted by Crippen LogP contribution is -2.54. The molecule has 10 nitrogen and oxygen atoms in total. The second-order valence-corrected chi connectivity index (χ2v) is 10.3. The lowest BCUT2D eigenvalue weighted by atomic mass is 10.0. The van der Waals surface area contributed by atoms with Crippen molar-refractivity contribution in [2.45, 2.75) is 63.7 Å². The Hall–Kier alpha value is -2.95. The zero-order chi connectivity index (χ0) is 25.2. The van der Waals surface area contributed by atoms with Gasteiger partial charge in [0.15, 0.2) is 0 Å². The van der Waals surface area contributed by atoms with Crippen molar-refractivity contribution < 1.29 is 38.5 Å². The van der Waals surface area contributed by atoms with Crippen LogP contribution in [0.1, 0.15) is 40.2 Å². The van der Waals surface area contributed by atoms with Crippen LogP contribution in [0.25, 0.3) is 0 Å². The summed E-state index contributed by atoms with van der Waals surface area (Å²) in [6, 6.07) is 6.51. The highest BCUT2D eigenvalue weighted by atomic mass is 32.2. The maximum atomic E-state index is 12.3. The summed E-state index contributed by atoms with van der Waals surface area (Å²) in [5.41, 5.74) is -0.0234. The number of carboxylic acids is 1. The van der Waals surface area contributed by atoms with E-state index in [0.717, 1.165) is 17.3 Å². The van der Waals surface area contributed by atoms with Gasteiger partial charge in [-0.05, 0) is 40.2 Å². The number of ether oxygens (including phenoxy) is 3. The first kappa shape index (κ1) is 28.1. The largest absolute Gasteiger partial charge is 0.480 e. The van der Waals surface area contributed by atoms with E-state index < -0.39 is 46.6 Å². The van der Waals surface area contributed by atoms with Crippen molar-refractivity contribution in [2.75, 3.05) is 12.9 Å². The van der Waals surface area contributed by atoms with E-state index in [-0.39, 0.29) is 12.4 Å². The van der Waals surface area contributed by atoms with Gasteiger partial charge in [0.2, 0.25) is 0 Å². The van der Waals surface area contributed by atoms with Crippen LogP contribution in [0.3, 0.4) is 0 Å². The molecule has 0 heterocycles. The molecule has 2 amide bonds. The third kappa shape index (κ3) is 10.5. The van der Waals surface area contributed by atoms with Crippen LogP contribution in [-0.4, -0.2) is 64.5 Å². The normalized spacial score (nSPS) is 13.3. The van der Waals surface area contributed by atoms with Crippen molar-refractivity contribution in [2.24, 2.45) is 0 Å². The maximum Gasteiger partial charge on any atom is 0.408 e. The zero-order valence-corrected chi connectivity index (χ0v) is 20.5. The van der Waals surface area contributed by atoms with Gasteiger partial charge in [-0.1, -0.05) is 30.3 Å². The highest BCUT2D eigenvalue weighted by Crippen LogP contribution is 2.30. The Morgan fingerprint density at radius 3 is 2.12 bits per heavy atom. The van der Waals surface area contributed by atoms with Crippen LogP contribution in [0.4, 0.5) is 9.59 Å². The van der Waals surface area contributed by atoms with Gasteiger partial charge >= 0.3 is 24.1 Å². The fourth-order valence-electron chi connectivity index (χ4n) is 2.52. The minimum Gasteiger partial charge on any atom is -0.480 e. The van der Waals surface area contributed by atoms with Crippen LogP contribution in [0.15, 0.2) is 30.3 Å². The summed E-state index contributed by atoms with van der Waals surface area (Å²) in [5.74, 6) is -2.10. The Morgan fingerprint density at radius 2 is 1.61 bits per heavy atom. The number of nitrogens with one attached hydrogen (secondary N) is 2. The fourth-order valence-corrected chi connectivity index (χ4v) is 3.67. The number of esters is 1. The van der Waals surface area contributed by atoms with E-state index in [1.54, 1.807) is 58.9 Å². The predicted octanol–water partition coefficient (Wildman–Crippen LogP) is 2.94. The minimum atomic E-state index is -1.29. The van der Waals surface area contributed by atoms with Crippen molar-refractivity contribution in [3.8, 4) is 0 Å². The summed E-state index contributed by atoms with van der Waals surface area (Å²) in [6.07, 6.45) is -1.70. The van der Waals surface area contributed by atoms with E-state index in [4.69, 9.17) is 14.2 Å². The minimum absolute atomic E-state index is 0.0120. The van der Waals surface area contributed by atoms with E-state index in [2.05, 4.69) is 10.6 Å². The quantitative estimate of drug-likeness (QED) is 0.338. The molecule has 0 fully saturated rings. The van der Waals surface area contributed by atoms with E-state index >= 15 is 0 Å². The Labute approximate surface area is 197 Å². The lowest BCUT2D eigenvalue weighted by Gasteiger charge is -2.33. The first-order valence-electron chi connectivity index (χ1n) is 10.2. The average Bonchev–Trinajstić information content (AvgIpc) is 2.72. The molecule has 0 bridgehead atoms. The van der Waals surface area contributed by atoms with Gasteiger partial charge in [0.25, 0.3) is 0 Å². The standard InChI is InChI=1S/C22H32N2O8S/c1-21(2,3)32-20(29)24-16(18(27)30-6)22(4,5)33-13-15(17(25)26)23-19(28)31-12-14-10-8-7-9-11-14/h7-11,15-16H,12-13H2,1-6H3,(H,23,28)(H,24,29)(H,25,26)/t15-,16-/m0/s1. The number of carboxylic acid groups (broad SMARTS) is 1. The van der Waals surface area contributed by atoms with Gasteiger partial charge in [-0.2, -0.15) is 11.8 Å². The van der Waals surface area contributed by atoms with Gasteiger partial charge < -0.3 is 30.0 Å². The molecule has 2 atom stereocenters. The molecule has 0 unspecified atom stereocenters. The molecule has 1 rings (SSSR count). The maximum absolute atomic E-state index is 12.3. The average molecular weight is 485 g/mol. The monoisotopic (exact) mass is 484 g/mol. The van der Waals surface area contributed by atoms with Crippen LogP contribution >= 0.6 is 11.8 Å². The third-order valence-corrected chi connectivity index (χ3v) is 5.70. The van der Waals surface area contributed by atoms with E-state index in [1.807, 2.05) is 6.07 Å². The first-order valence-corrected chi connectivity index (χ1v) is 11.1. The van der Waals surface area contributed by atoms with Gasteiger partial charge in [-0.15, -0.1) is 0 Å². The fraction of sp³-hybridized carbons (Fsp3) is 0.545. The molecular weight excluding hydrogens is 452 g/mol. The number of aliphatic carboxylic acids is 1. The smallest absolute Gasteiger partial charge is 0.408 e. The molecule has 1 aromatic carbocycles. The molecule has 0 saturated carbocycles. The summed E-state index contributed by atoms with van der Waals surface area (Å²) in [4.78, 5) is 48.2. The summed E-state index contributed by atoms with van der Waals surface area (Å²) in [6.45, 7) is 8.31. The molecule has 0 aliphatic heterocycles. The molecule has 0 spiro atoms. The summed E-state index contributed by atoms with van der Waals surface area (Å²) in [5, 5.41) is 14.3. The number of rotatable bonds is 10. The molecule has 1 aromatic rings. The van der Waals surface area contributed by atoms with Crippen LogP contribution in [0.5, 0.6) is 0 Å². The Balaban J connectivity index is 2.77. The topological polar surface area (TPSA) is 140 Å². The van der Waals surface area contributed by atoms with Gasteiger partial charge in [0.05, 0.1) is 7.11 Å². The number of hydrogen-bond donors (Lipinski definition) is 3. The number of alkyl carbamates (subject to hydrolysis) is 2. The predicted molar refractivity (Wildman–Crippen MR) is 123 cm³/mol. The van der Waals surface area contributed by atoms with E-state index in [9.17, 15) is 24.3 Å². The van der Waals surface area contributed by atoms with Gasteiger partial charge in [0.1, 0.15) is 24.3 Å². The zero-order valence-electron chi connectivity index (χ0n) is 19.7. The van der Waals surface area contributed by atoms with Gasteiger partial charge in [0, 0.05) is 10.5 Å². The molecular formula is C22H32N2O8S. The molecule has 33 heavy (non-hydrogen) atoms. The van der Waals surface area contributed by atoms with Gasteiger partial charge in [-0.25, -0.2) is 19.2 Å². The molecule has 0 radical (unpaired) electrons. The SMILES string of the molecule is COC(=O)[C@H](NC(=O)OC(C)(C)C)C(C)(C)SC[C@H](NC(=O)OCc1ccccc1)C(=O)O. The number of amides is 2. The highest BCUT2D eigenvalue weighted by Gasteiger charge is 2.40. The Kier molecular flexibility index (Phi) is 10.5. The van der Waals surface area contributed by atoms with E-state index in [0.29, 0.717) is 0 Å². The van der Waals surface area contributed by atoms with E-state index in [1.165, 1.54) is 7.11 Å². The molecule has 0 aromatic heterocycles. The lowest BCUT2D eigenvalue weighted by molar-refractivity contribution is -0.143. The molecule has 0 aliphatic carbocycles. The number of thioether (sulfide) groups is 1. The highest BCUT2D eigenvalue weighted by molar-refractivity contribution is 8.00. The third-order valence-electron chi connectivity index (χ3n) is 4.22. The Bertz CT molecular complexity index is 823. The molecule has 0 aliphatic rings. The number of methoxy groups -OCH3 is 1. The van der Waals surface area contributed by atoms with Crippen LogP contribution in [-0.2, 0) is 30.4 Å². The Morgan fingerprint density at radius 1 is 1.00 bits per heavy atom. The van der Waals surface area contributed by atoms with Crippen LogP contribution in [0, 0.1) is 0 Å². The number of carbonyl (C=O) groups excluding carboxylic acids is 3. The number of carbonyl (C=O) groups is 4. The number of hydrogen-bond acceptors (Lipinski definition) is 8. The molecule has 184 valence electrons. The summed E-state index contributed by atoms with van der Waals surface area (Å²) in [7, 11) is 1.18. The van der Waals surface area contributed by atoms with Crippen molar-refractivity contribution >= 4 is 35.9 Å². The van der Waals surface area contributed by atoms with Crippen LogP contribution in [0.2, 0.25) is 0 Å². The molecule has 11 heteroatoms. The van der Waals surface area contributed by atoms with Crippen molar-refractivity contribution in [3.05, 3.63) is 35.9 Å². The van der Waals surface area contributed by atoms with Crippen molar-refractivity contribution in [1.82, 2.24) is 10.6 Å². The van der Waals surface area contributed by atoms with Gasteiger partial charge in [-0.3, -0.25) is 0 Å². The van der Waals surface area contributed by atoms with Crippen LogP contribution < -0.4 is 10.6 Å². The molecule has 0 saturated heterocycles. The second-order valence-electron chi connectivity index (χ2n) is 8.61. The van der Waals surface area contributed by atoms with Crippen molar-refractivity contribution in [1.29, 1.82) is 0 Å². The second kappa shape index (κ2) is 12.3.